The van der Waals surface area contributed by atoms with Gasteiger partial charge in [-0.25, -0.2) is 17.8 Å². The predicted molar refractivity (Wildman–Crippen MR) is 116 cm³/mol. The van der Waals surface area contributed by atoms with Crippen molar-refractivity contribution in [3.8, 4) is 0 Å². The summed E-state index contributed by atoms with van der Waals surface area (Å²) in [6.07, 6.45) is 0. The maximum Gasteiger partial charge on any atom is 0.264 e. The number of aromatic nitrogens is 1. The van der Waals surface area contributed by atoms with Gasteiger partial charge in [0.2, 0.25) is 0 Å². The Kier molecular flexibility index (Phi) is 5.23. The average molecular weight is 442 g/mol. The van der Waals surface area contributed by atoms with Crippen LogP contribution < -0.4 is 10.0 Å². The number of hydrogen-bond donors (Lipinski definition) is 2. The van der Waals surface area contributed by atoms with Gasteiger partial charge in [-0.1, -0.05) is 41.2 Å². The molecule has 1 aromatic heterocycles. The number of fused-ring (bicyclic) bond motifs is 1. The third-order valence-corrected chi connectivity index (χ3v) is 6.67. The first-order chi connectivity index (χ1) is 14.3. The number of amides is 1. The minimum absolute atomic E-state index is 0.243. The molecule has 0 unspecified atom stereocenters. The lowest BCUT2D eigenvalue weighted by Gasteiger charge is -2.08. The molecule has 0 radical (unpaired) electrons. The van der Waals surface area contributed by atoms with Crippen molar-refractivity contribution < 1.29 is 17.6 Å². The lowest BCUT2D eigenvalue weighted by molar-refractivity contribution is 0.102. The number of halogens is 1. The number of nitrogens with one attached hydrogen (secondary N) is 2. The van der Waals surface area contributed by atoms with Gasteiger partial charge < -0.3 is 0 Å². The van der Waals surface area contributed by atoms with Crippen LogP contribution in [0.1, 0.15) is 15.9 Å². The van der Waals surface area contributed by atoms with E-state index in [0.717, 1.165) is 16.3 Å². The highest BCUT2D eigenvalue weighted by atomic mass is 32.2. The van der Waals surface area contributed by atoms with E-state index in [2.05, 4.69) is 15.0 Å². The Morgan fingerprint density at radius 3 is 2.50 bits per heavy atom. The number of nitrogens with zero attached hydrogens (tertiary/aromatic N) is 1. The lowest BCUT2D eigenvalue weighted by Crippen LogP contribution is -2.14. The Labute approximate surface area is 176 Å². The molecule has 4 aromatic rings. The molecule has 1 amide bonds. The zero-order valence-corrected chi connectivity index (χ0v) is 17.4. The molecule has 0 bridgehead atoms. The smallest absolute Gasteiger partial charge is 0.264 e. The molecule has 2 N–H and O–H groups in total. The van der Waals surface area contributed by atoms with E-state index >= 15 is 0 Å². The van der Waals surface area contributed by atoms with Crippen molar-refractivity contribution in [1.82, 2.24) is 4.98 Å². The van der Waals surface area contributed by atoms with Crippen molar-refractivity contribution in [3.63, 3.8) is 0 Å². The summed E-state index contributed by atoms with van der Waals surface area (Å²) in [5, 5.41) is 3.14. The second-order valence-electron chi connectivity index (χ2n) is 6.56. The molecule has 0 aliphatic carbocycles. The fraction of sp³-hybridized carbons (Fsp3) is 0.0476. The van der Waals surface area contributed by atoms with E-state index in [9.17, 15) is 17.6 Å². The molecule has 0 aliphatic heterocycles. The van der Waals surface area contributed by atoms with Gasteiger partial charge >= 0.3 is 0 Å². The Bertz CT molecular complexity index is 1350. The zero-order chi connectivity index (χ0) is 21.3. The highest BCUT2D eigenvalue weighted by Gasteiger charge is 2.19. The molecule has 3 aromatic carbocycles. The van der Waals surface area contributed by atoms with Gasteiger partial charge in [0.1, 0.15) is 10.7 Å². The molecular formula is C21H16FN3O3S2. The van der Waals surface area contributed by atoms with E-state index in [1.165, 1.54) is 35.6 Å². The summed E-state index contributed by atoms with van der Waals surface area (Å²) in [5.74, 6) is -1.12. The molecule has 0 aliphatic rings. The number of aryl methyl sites for hydroxylation is 1. The van der Waals surface area contributed by atoms with Gasteiger partial charge in [0.05, 0.1) is 15.9 Å². The molecule has 30 heavy (non-hydrogen) atoms. The molecule has 0 fully saturated rings. The third kappa shape index (κ3) is 4.17. The number of sulfonamides is 1. The van der Waals surface area contributed by atoms with Crippen molar-refractivity contribution in [1.29, 1.82) is 0 Å². The van der Waals surface area contributed by atoms with E-state index in [-0.39, 0.29) is 11.6 Å². The fourth-order valence-electron chi connectivity index (χ4n) is 2.79. The van der Waals surface area contributed by atoms with Gasteiger partial charge in [-0.2, -0.15) is 0 Å². The zero-order valence-electron chi connectivity index (χ0n) is 15.7. The monoisotopic (exact) mass is 441 g/mol. The molecule has 0 saturated heterocycles. The van der Waals surface area contributed by atoms with Crippen LogP contribution in [0.4, 0.5) is 15.2 Å². The number of anilines is 2. The van der Waals surface area contributed by atoms with Crippen LogP contribution in [0.2, 0.25) is 0 Å². The molecule has 0 spiro atoms. The van der Waals surface area contributed by atoms with Crippen LogP contribution in [0.5, 0.6) is 0 Å². The summed E-state index contributed by atoms with van der Waals surface area (Å²) in [6.45, 7) is 1.94. The quantitative estimate of drug-likeness (QED) is 0.466. The van der Waals surface area contributed by atoms with Crippen molar-refractivity contribution in [2.75, 3.05) is 10.0 Å². The maximum absolute atomic E-state index is 13.9. The first-order valence-electron chi connectivity index (χ1n) is 8.88. The van der Waals surface area contributed by atoms with Crippen LogP contribution in [0, 0.1) is 12.7 Å². The first-order valence-corrected chi connectivity index (χ1v) is 11.2. The Morgan fingerprint density at radius 1 is 1.03 bits per heavy atom. The normalized spacial score (nSPS) is 11.4. The summed E-state index contributed by atoms with van der Waals surface area (Å²) < 4.78 is 41.9. The van der Waals surface area contributed by atoms with Gasteiger partial charge in [-0.15, -0.1) is 0 Å². The minimum Gasteiger partial charge on any atom is -0.298 e. The van der Waals surface area contributed by atoms with Gasteiger partial charge in [-0.05, 0) is 49.4 Å². The van der Waals surface area contributed by atoms with Crippen LogP contribution >= 0.6 is 11.3 Å². The largest absolute Gasteiger partial charge is 0.298 e. The summed E-state index contributed by atoms with van der Waals surface area (Å²) in [4.78, 5) is 16.3. The Morgan fingerprint density at radius 2 is 1.77 bits per heavy atom. The Balaban J connectivity index is 1.56. The molecular weight excluding hydrogens is 425 g/mol. The summed E-state index contributed by atoms with van der Waals surface area (Å²) in [6, 6.07) is 17.1. The highest BCUT2D eigenvalue weighted by Crippen LogP contribution is 2.29. The van der Waals surface area contributed by atoms with Gasteiger partial charge in [0.15, 0.2) is 5.13 Å². The first kappa shape index (κ1) is 20.0. The number of thiazole rings is 1. The van der Waals surface area contributed by atoms with Gasteiger partial charge in [0, 0.05) is 5.56 Å². The second kappa shape index (κ2) is 7.85. The summed E-state index contributed by atoms with van der Waals surface area (Å²) in [5.41, 5.74) is 2.32. The van der Waals surface area contributed by atoms with E-state index < -0.39 is 20.7 Å². The molecule has 1 heterocycles. The molecule has 0 atom stereocenters. The molecule has 9 heteroatoms. The third-order valence-electron chi connectivity index (χ3n) is 4.30. The van der Waals surface area contributed by atoms with Crippen molar-refractivity contribution in [3.05, 3.63) is 83.7 Å². The fourth-order valence-corrected chi connectivity index (χ4v) is 4.76. The van der Waals surface area contributed by atoms with Crippen LogP contribution in [0.25, 0.3) is 10.2 Å². The highest BCUT2D eigenvalue weighted by molar-refractivity contribution is 7.92. The van der Waals surface area contributed by atoms with Gasteiger partial charge in [-0.3, -0.25) is 14.8 Å². The van der Waals surface area contributed by atoms with E-state index in [1.807, 2.05) is 19.1 Å². The standard InChI is InChI=1S/C21H16FN3O3S2/c1-13-6-8-14(9-7-13)20(26)24-21-23-17-12-15(10-11-18(17)29-21)25-30(27,28)19-5-3-2-4-16(19)22/h2-12,25H,1H3,(H,23,24,26). The number of carbonyl (C=O) groups is 1. The van der Waals surface area contributed by atoms with Crippen molar-refractivity contribution in [2.24, 2.45) is 0 Å². The predicted octanol–water partition coefficient (Wildman–Crippen LogP) is 4.80. The summed E-state index contributed by atoms with van der Waals surface area (Å²) >= 11 is 1.27. The number of hydrogen-bond acceptors (Lipinski definition) is 5. The van der Waals surface area contributed by atoms with E-state index in [0.29, 0.717) is 16.2 Å². The lowest BCUT2D eigenvalue weighted by atomic mass is 10.1. The minimum atomic E-state index is -4.08. The number of rotatable bonds is 5. The average Bonchev–Trinajstić information content (AvgIpc) is 3.09. The molecule has 152 valence electrons. The maximum atomic E-state index is 13.9. The van der Waals surface area contributed by atoms with Crippen molar-refractivity contribution in [2.45, 2.75) is 11.8 Å². The topological polar surface area (TPSA) is 88.2 Å². The van der Waals surface area contributed by atoms with Crippen LogP contribution in [-0.4, -0.2) is 19.3 Å². The molecule has 0 saturated carbocycles. The van der Waals surface area contributed by atoms with Crippen LogP contribution in [0.3, 0.4) is 0 Å². The Hall–Kier alpha value is -3.30. The van der Waals surface area contributed by atoms with Crippen LogP contribution in [-0.2, 0) is 10.0 Å². The van der Waals surface area contributed by atoms with E-state index in [4.69, 9.17) is 0 Å². The number of carbonyl (C=O) groups excluding carboxylic acids is 1. The second-order valence-corrected chi connectivity index (χ2v) is 9.24. The molecule has 6 nitrogen and oxygen atoms in total. The van der Waals surface area contributed by atoms with E-state index in [1.54, 1.807) is 24.3 Å². The molecule has 4 rings (SSSR count). The van der Waals surface area contributed by atoms with Gasteiger partial charge in [0.25, 0.3) is 15.9 Å². The summed E-state index contributed by atoms with van der Waals surface area (Å²) in [7, 11) is -4.08. The number of benzene rings is 3. The van der Waals surface area contributed by atoms with Crippen LogP contribution in [0.15, 0.2) is 71.6 Å². The van der Waals surface area contributed by atoms with Crippen molar-refractivity contribution >= 4 is 48.3 Å². The SMILES string of the molecule is Cc1ccc(C(=O)Nc2nc3cc(NS(=O)(=O)c4ccccc4F)ccc3s2)cc1.